The van der Waals surface area contributed by atoms with E-state index in [-0.39, 0.29) is 0 Å². The average Bonchev–Trinajstić information content (AvgIpc) is 2.94. The molecule has 0 aliphatic rings. The number of ether oxygens (including phenoxy) is 1. The smallest absolute Gasteiger partial charge is 0.123 e. The Labute approximate surface area is 120 Å². The van der Waals surface area contributed by atoms with Crippen LogP contribution in [0.4, 0.5) is 0 Å². The summed E-state index contributed by atoms with van der Waals surface area (Å²) in [5.74, 6) is 0.904. The van der Waals surface area contributed by atoms with E-state index in [2.05, 4.69) is 36.5 Å². The van der Waals surface area contributed by atoms with Gasteiger partial charge in [0.05, 0.1) is 19.9 Å². The average molecular weight is 273 g/mol. The predicted molar refractivity (Wildman–Crippen MR) is 81.0 cm³/mol. The van der Waals surface area contributed by atoms with Crippen molar-refractivity contribution in [3.05, 3.63) is 47.8 Å². The van der Waals surface area contributed by atoms with E-state index >= 15 is 0 Å². The summed E-state index contributed by atoms with van der Waals surface area (Å²) in [4.78, 5) is 0. The molecule has 2 rings (SSSR count). The van der Waals surface area contributed by atoms with E-state index in [1.807, 2.05) is 29.1 Å². The standard InChI is InChI=1S/C16H23N3O/c1-4-9-17-13(2)15-10-18-19(12-15)11-14-7-5-6-8-16(14)20-3/h5-8,10,12-13,17H,4,9,11H2,1-3H3. The quantitative estimate of drug-likeness (QED) is 0.843. The Morgan fingerprint density at radius 2 is 2.15 bits per heavy atom. The Bertz CT molecular complexity index is 536. The van der Waals surface area contributed by atoms with E-state index < -0.39 is 0 Å². The summed E-state index contributed by atoms with van der Waals surface area (Å²) in [5.41, 5.74) is 2.35. The molecule has 0 amide bonds. The van der Waals surface area contributed by atoms with Crippen LogP contribution in [0.2, 0.25) is 0 Å². The molecule has 1 N–H and O–H groups in total. The minimum Gasteiger partial charge on any atom is -0.496 e. The number of para-hydroxylation sites is 1. The van der Waals surface area contributed by atoms with Crippen LogP contribution in [0.3, 0.4) is 0 Å². The highest BCUT2D eigenvalue weighted by molar-refractivity contribution is 5.33. The fourth-order valence-electron chi connectivity index (χ4n) is 2.18. The maximum Gasteiger partial charge on any atom is 0.123 e. The summed E-state index contributed by atoms with van der Waals surface area (Å²) in [6.45, 7) is 6.09. The first-order valence-corrected chi connectivity index (χ1v) is 7.12. The van der Waals surface area contributed by atoms with Crippen molar-refractivity contribution >= 4 is 0 Å². The van der Waals surface area contributed by atoms with E-state index in [1.54, 1.807) is 7.11 Å². The van der Waals surface area contributed by atoms with Crippen molar-refractivity contribution in [3.8, 4) is 5.75 Å². The normalized spacial score (nSPS) is 12.3. The van der Waals surface area contributed by atoms with Gasteiger partial charge in [0.15, 0.2) is 0 Å². The summed E-state index contributed by atoms with van der Waals surface area (Å²) >= 11 is 0. The predicted octanol–water partition coefficient (Wildman–Crippen LogP) is 3.00. The molecule has 0 saturated heterocycles. The third-order valence-corrected chi connectivity index (χ3v) is 3.38. The molecule has 1 unspecified atom stereocenters. The number of rotatable bonds is 7. The molecular formula is C16H23N3O. The van der Waals surface area contributed by atoms with Gasteiger partial charge in [-0.05, 0) is 26.0 Å². The highest BCUT2D eigenvalue weighted by Crippen LogP contribution is 2.19. The molecule has 4 heteroatoms. The maximum absolute atomic E-state index is 5.37. The number of hydrogen-bond donors (Lipinski definition) is 1. The zero-order valence-corrected chi connectivity index (χ0v) is 12.5. The van der Waals surface area contributed by atoms with Gasteiger partial charge in [0.25, 0.3) is 0 Å². The monoisotopic (exact) mass is 273 g/mol. The second-order valence-electron chi connectivity index (χ2n) is 4.96. The van der Waals surface area contributed by atoms with Crippen molar-refractivity contribution in [2.45, 2.75) is 32.9 Å². The molecule has 0 spiro atoms. The van der Waals surface area contributed by atoms with Crippen LogP contribution >= 0.6 is 0 Å². The first-order chi connectivity index (χ1) is 9.74. The number of aromatic nitrogens is 2. The van der Waals surface area contributed by atoms with Gasteiger partial charge in [0, 0.05) is 23.4 Å². The van der Waals surface area contributed by atoms with Crippen LogP contribution in [0, 0.1) is 0 Å². The van der Waals surface area contributed by atoms with Crippen LogP contribution in [-0.4, -0.2) is 23.4 Å². The number of nitrogens with zero attached hydrogens (tertiary/aromatic N) is 2. The van der Waals surface area contributed by atoms with Crippen LogP contribution in [0.1, 0.15) is 37.4 Å². The molecule has 0 bridgehead atoms. The zero-order valence-electron chi connectivity index (χ0n) is 12.5. The molecule has 1 heterocycles. The molecule has 0 saturated carbocycles. The van der Waals surface area contributed by atoms with E-state index in [4.69, 9.17) is 4.74 Å². The molecule has 0 fully saturated rings. The van der Waals surface area contributed by atoms with Crippen molar-refractivity contribution in [2.75, 3.05) is 13.7 Å². The lowest BCUT2D eigenvalue weighted by atomic mass is 10.2. The fraction of sp³-hybridized carbons (Fsp3) is 0.438. The van der Waals surface area contributed by atoms with Gasteiger partial charge in [0.1, 0.15) is 5.75 Å². The lowest BCUT2D eigenvalue weighted by molar-refractivity contribution is 0.407. The Hall–Kier alpha value is -1.81. The lowest BCUT2D eigenvalue weighted by Crippen LogP contribution is -2.18. The summed E-state index contributed by atoms with van der Waals surface area (Å²) in [5, 5.41) is 7.91. The summed E-state index contributed by atoms with van der Waals surface area (Å²) in [6.07, 6.45) is 5.17. The Kier molecular flexibility index (Phi) is 5.18. The topological polar surface area (TPSA) is 39.1 Å². The highest BCUT2D eigenvalue weighted by atomic mass is 16.5. The van der Waals surface area contributed by atoms with Gasteiger partial charge in [0.2, 0.25) is 0 Å². The van der Waals surface area contributed by atoms with Crippen LogP contribution in [-0.2, 0) is 6.54 Å². The third-order valence-electron chi connectivity index (χ3n) is 3.38. The van der Waals surface area contributed by atoms with Gasteiger partial charge in [-0.3, -0.25) is 4.68 Å². The SMILES string of the molecule is CCCNC(C)c1cnn(Cc2ccccc2OC)c1. The highest BCUT2D eigenvalue weighted by Gasteiger charge is 2.08. The maximum atomic E-state index is 5.37. The molecule has 108 valence electrons. The van der Waals surface area contributed by atoms with E-state index in [0.717, 1.165) is 30.8 Å². The number of methoxy groups -OCH3 is 1. The van der Waals surface area contributed by atoms with Gasteiger partial charge in [-0.15, -0.1) is 0 Å². The summed E-state index contributed by atoms with van der Waals surface area (Å²) in [6, 6.07) is 8.38. The number of benzene rings is 1. The Morgan fingerprint density at radius 1 is 1.35 bits per heavy atom. The van der Waals surface area contributed by atoms with Crippen molar-refractivity contribution in [1.29, 1.82) is 0 Å². The van der Waals surface area contributed by atoms with E-state index in [0.29, 0.717) is 6.04 Å². The molecule has 2 aromatic rings. The molecule has 1 atom stereocenters. The molecule has 1 aromatic heterocycles. The van der Waals surface area contributed by atoms with Crippen LogP contribution in [0.15, 0.2) is 36.7 Å². The van der Waals surface area contributed by atoms with Crippen molar-refractivity contribution in [3.63, 3.8) is 0 Å². The largest absolute Gasteiger partial charge is 0.496 e. The van der Waals surface area contributed by atoms with Crippen molar-refractivity contribution < 1.29 is 4.74 Å². The number of hydrogen-bond acceptors (Lipinski definition) is 3. The van der Waals surface area contributed by atoms with Gasteiger partial charge in [-0.1, -0.05) is 25.1 Å². The van der Waals surface area contributed by atoms with Gasteiger partial charge in [-0.25, -0.2) is 0 Å². The summed E-state index contributed by atoms with van der Waals surface area (Å²) in [7, 11) is 1.70. The number of nitrogens with one attached hydrogen (secondary N) is 1. The lowest BCUT2D eigenvalue weighted by Gasteiger charge is -2.10. The van der Waals surface area contributed by atoms with Crippen LogP contribution < -0.4 is 10.1 Å². The Balaban J connectivity index is 2.05. The van der Waals surface area contributed by atoms with Crippen LogP contribution in [0.5, 0.6) is 5.75 Å². The van der Waals surface area contributed by atoms with Gasteiger partial charge in [-0.2, -0.15) is 5.10 Å². The van der Waals surface area contributed by atoms with Crippen molar-refractivity contribution in [1.82, 2.24) is 15.1 Å². The molecule has 4 nitrogen and oxygen atoms in total. The molecule has 0 aliphatic carbocycles. The van der Waals surface area contributed by atoms with Gasteiger partial charge >= 0.3 is 0 Å². The minimum atomic E-state index is 0.335. The second-order valence-corrected chi connectivity index (χ2v) is 4.96. The van der Waals surface area contributed by atoms with Gasteiger partial charge < -0.3 is 10.1 Å². The molecule has 20 heavy (non-hydrogen) atoms. The first-order valence-electron chi connectivity index (χ1n) is 7.12. The van der Waals surface area contributed by atoms with Crippen molar-refractivity contribution in [2.24, 2.45) is 0 Å². The van der Waals surface area contributed by atoms with E-state index in [1.165, 1.54) is 5.56 Å². The van der Waals surface area contributed by atoms with E-state index in [9.17, 15) is 0 Å². The third kappa shape index (κ3) is 3.61. The minimum absolute atomic E-state index is 0.335. The van der Waals surface area contributed by atoms with Crippen LogP contribution in [0.25, 0.3) is 0 Å². The second kappa shape index (κ2) is 7.10. The fourth-order valence-corrected chi connectivity index (χ4v) is 2.18. The zero-order chi connectivity index (χ0) is 14.4. The molecular weight excluding hydrogens is 250 g/mol. The molecule has 1 aromatic carbocycles. The Morgan fingerprint density at radius 3 is 2.90 bits per heavy atom. The molecule has 0 aliphatic heterocycles. The summed E-state index contributed by atoms with van der Waals surface area (Å²) < 4.78 is 7.33. The molecule has 0 radical (unpaired) electrons. The first kappa shape index (κ1) is 14.6.